The summed E-state index contributed by atoms with van der Waals surface area (Å²) in [6.07, 6.45) is 0.0475. The predicted molar refractivity (Wildman–Crippen MR) is 120 cm³/mol. The number of anilines is 1. The second-order valence-corrected chi connectivity index (χ2v) is 7.73. The van der Waals surface area contributed by atoms with Crippen LogP contribution in [0.5, 0.6) is 5.75 Å². The van der Waals surface area contributed by atoms with Crippen LogP contribution in [0.15, 0.2) is 33.9 Å². The number of aromatic amines is 1. The van der Waals surface area contributed by atoms with Gasteiger partial charge in [-0.25, -0.2) is 4.79 Å². The Balaban J connectivity index is 1.83. The van der Waals surface area contributed by atoms with E-state index in [4.69, 9.17) is 4.74 Å². The maximum absolute atomic E-state index is 12.5. The smallest absolute Gasteiger partial charge is 0.329 e. The third-order valence-electron chi connectivity index (χ3n) is 5.02. The molecule has 1 atom stereocenters. The molecule has 0 amide bonds. The lowest BCUT2D eigenvalue weighted by molar-refractivity contribution is 0.0938. The van der Waals surface area contributed by atoms with E-state index in [1.807, 2.05) is 43.3 Å². The van der Waals surface area contributed by atoms with Crippen LogP contribution < -0.4 is 21.3 Å². The number of aliphatic hydroxyl groups is 1. The minimum absolute atomic E-state index is 0.0476. The number of aromatic nitrogens is 4. The Kier molecular flexibility index (Phi) is 7.13. The fourth-order valence-corrected chi connectivity index (χ4v) is 3.22. The molecule has 2 heterocycles. The molecular formula is C21H30N6O4. The number of aliphatic hydroxyl groups excluding tert-OH is 1. The molecule has 0 unspecified atom stereocenters. The number of fused-ring (bicyclic) bond motifs is 1. The number of imidazole rings is 1. The van der Waals surface area contributed by atoms with Crippen LogP contribution >= 0.6 is 0 Å². The maximum atomic E-state index is 12.5. The quantitative estimate of drug-likeness (QED) is 0.426. The zero-order chi connectivity index (χ0) is 22.5. The number of hydrogen-bond donors (Lipinski definition) is 3. The summed E-state index contributed by atoms with van der Waals surface area (Å²) in [5.74, 6) is 1.08. The van der Waals surface area contributed by atoms with Gasteiger partial charge in [0.25, 0.3) is 5.56 Å². The van der Waals surface area contributed by atoms with Crippen molar-refractivity contribution in [1.29, 1.82) is 0 Å². The van der Waals surface area contributed by atoms with Crippen molar-refractivity contribution in [3.8, 4) is 5.75 Å². The van der Waals surface area contributed by atoms with Gasteiger partial charge in [0.05, 0.1) is 6.54 Å². The molecule has 10 heteroatoms. The highest BCUT2D eigenvalue weighted by Crippen LogP contribution is 2.17. The molecule has 168 valence electrons. The standard InChI is InChI=1S/C21H30N6O4/c1-5-14-6-8-16(9-7-14)31-13-15(28)12-27-17-18(26(4)21(30)24-19(17)29)23-20(27)22-10-11-25(2)3/h6-9,15,28H,5,10-13H2,1-4H3,(H,22,23)(H,24,29,30)/t15-/m1/s1. The molecule has 0 bridgehead atoms. The summed E-state index contributed by atoms with van der Waals surface area (Å²) in [7, 11) is 5.45. The highest BCUT2D eigenvalue weighted by Gasteiger charge is 2.20. The Labute approximate surface area is 180 Å². The third kappa shape index (κ3) is 5.33. The molecule has 0 aliphatic rings. The van der Waals surface area contributed by atoms with Gasteiger partial charge in [-0.15, -0.1) is 0 Å². The highest BCUT2D eigenvalue weighted by atomic mass is 16.5. The summed E-state index contributed by atoms with van der Waals surface area (Å²) in [5.41, 5.74) is 0.595. The van der Waals surface area contributed by atoms with E-state index < -0.39 is 17.4 Å². The number of benzene rings is 1. The number of likely N-dealkylation sites (N-methyl/N-ethyl adjacent to an activating group) is 1. The predicted octanol–water partition coefficient (Wildman–Crippen LogP) is 0.399. The summed E-state index contributed by atoms with van der Waals surface area (Å²) >= 11 is 0. The molecule has 0 spiro atoms. The van der Waals surface area contributed by atoms with E-state index in [0.717, 1.165) is 13.0 Å². The zero-order valence-electron chi connectivity index (χ0n) is 18.4. The minimum Gasteiger partial charge on any atom is -0.491 e. The van der Waals surface area contributed by atoms with Crippen LogP contribution in [0.2, 0.25) is 0 Å². The number of hydrogen-bond acceptors (Lipinski definition) is 7. The molecule has 1 aromatic carbocycles. The van der Waals surface area contributed by atoms with Crippen LogP contribution in [0.3, 0.4) is 0 Å². The molecular weight excluding hydrogens is 400 g/mol. The monoisotopic (exact) mass is 430 g/mol. The van der Waals surface area contributed by atoms with Crippen molar-refractivity contribution in [3.05, 3.63) is 50.7 Å². The SMILES string of the molecule is CCc1ccc(OC[C@H](O)Cn2c(NCCN(C)C)nc3c2c(=O)[nH]c(=O)n3C)cc1. The van der Waals surface area contributed by atoms with E-state index >= 15 is 0 Å². The maximum Gasteiger partial charge on any atom is 0.329 e. The lowest BCUT2D eigenvalue weighted by Gasteiger charge is -2.16. The van der Waals surface area contributed by atoms with Crippen molar-refractivity contribution in [1.82, 2.24) is 24.0 Å². The number of nitrogens with zero attached hydrogens (tertiary/aromatic N) is 4. The fraction of sp³-hybridized carbons (Fsp3) is 0.476. The first-order valence-electron chi connectivity index (χ1n) is 10.3. The van der Waals surface area contributed by atoms with Crippen molar-refractivity contribution in [2.45, 2.75) is 26.0 Å². The van der Waals surface area contributed by atoms with Gasteiger partial charge in [-0.2, -0.15) is 4.98 Å². The Morgan fingerprint density at radius 1 is 1.26 bits per heavy atom. The number of nitrogens with one attached hydrogen (secondary N) is 2. The largest absolute Gasteiger partial charge is 0.491 e. The van der Waals surface area contributed by atoms with Crippen LogP contribution in [0.25, 0.3) is 11.2 Å². The second kappa shape index (κ2) is 9.80. The van der Waals surface area contributed by atoms with Gasteiger partial charge >= 0.3 is 5.69 Å². The first-order valence-corrected chi connectivity index (χ1v) is 10.3. The molecule has 3 N–H and O–H groups in total. The van der Waals surface area contributed by atoms with Gasteiger partial charge in [0, 0.05) is 20.1 Å². The molecule has 0 radical (unpaired) electrons. The van der Waals surface area contributed by atoms with Gasteiger partial charge in [0.2, 0.25) is 5.95 Å². The second-order valence-electron chi connectivity index (χ2n) is 7.73. The van der Waals surface area contributed by atoms with E-state index in [9.17, 15) is 14.7 Å². The molecule has 0 fully saturated rings. The van der Waals surface area contributed by atoms with Gasteiger partial charge in [-0.1, -0.05) is 19.1 Å². The van der Waals surface area contributed by atoms with E-state index in [-0.39, 0.29) is 24.3 Å². The van der Waals surface area contributed by atoms with Crippen molar-refractivity contribution < 1.29 is 9.84 Å². The first-order chi connectivity index (χ1) is 14.8. The summed E-state index contributed by atoms with van der Waals surface area (Å²) in [6, 6.07) is 7.70. The molecule has 0 aliphatic heterocycles. The summed E-state index contributed by atoms with van der Waals surface area (Å²) in [4.78, 5) is 33.2. The molecule has 2 aromatic heterocycles. The lowest BCUT2D eigenvalue weighted by atomic mass is 10.2. The van der Waals surface area contributed by atoms with Crippen LogP contribution in [0.4, 0.5) is 5.95 Å². The normalized spacial score (nSPS) is 12.5. The zero-order valence-corrected chi connectivity index (χ0v) is 18.4. The number of H-pyrrole nitrogens is 1. The van der Waals surface area contributed by atoms with E-state index in [1.54, 1.807) is 11.6 Å². The Bertz CT molecular complexity index is 1130. The van der Waals surface area contributed by atoms with Gasteiger partial charge in [-0.05, 0) is 38.2 Å². The lowest BCUT2D eigenvalue weighted by Crippen LogP contribution is -2.31. The van der Waals surface area contributed by atoms with Crippen molar-refractivity contribution in [2.24, 2.45) is 7.05 Å². The van der Waals surface area contributed by atoms with Gasteiger partial charge < -0.3 is 24.6 Å². The Hall–Kier alpha value is -3.11. The van der Waals surface area contributed by atoms with Crippen LogP contribution in [-0.2, 0) is 20.0 Å². The van der Waals surface area contributed by atoms with Crippen LogP contribution in [0, 0.1) is 0 Å². The fourth-order valence-electron chi connectivity index (χ4n) is 3.22. The number of rotatable bonds is 10. The highest BCUT2D eigenvalue weighted by molar-refractivity contribution is 5.74. The Morgan fingerprint density at radius 3 is 2.61 bits per heavy atom. The van der Waals surface area contributed by atoms with Crippen molar-refractivity contribution in [2.75, 3.05) is 39.1 Å². The summed E-state index contributed by atoms with van der Waals surface area (Å²) in [5, 5.41) is 13.8. The summed E-state index contributed by atoms with van der Waals surface area (Å²) < 4.78 is 8.58. The van der Waals surface area contributed by atoms with Crippen LogP contribution in [-0.4, -0.2) is 69.0 Å². The molecule has 31 heavy (non-hydrogen) atoms. The Morgan fingerprint density at radius 2 is 1.97 bits per heavy atom. The molecule has 3 rings (SSSR count). The van der Waals surface area contributed by atoms with E-state index in [0.29, 0.717) is 18.2 Å². The molecule has 0 saturated heterocycles. The summed E-state index contributed by atoms with van der Waals surface area (Å²) in [6.45, 7) is 3.54. The number of ether oxygens (including phenoxy) is 1. The van der Waals surface area contributed by atoms with E-state index in [1.165, 1.54) is 10.1 Å². The van der Waals surface area contributed by atoms with Gasteiger partial charge in [-0.3, -0.25) is 14.3 Å². The molecule has 0 aliphatic carbocycles. The molecule has 0 saturated carbocycles. The third-order valence-corrected chi connectivity index (χ3v) is 5.02. The van der Waals surface area contributed by atoms with E-state index in [2.05, 4.69) is 22.2 Å². The first kappa shape index (κ1) is 22.6. The molecule has 3 aromatic rings. The average molecular weight is 431 g/mol. The molecule has 10 nitrogen and oxygen atoms in total. The van der Waals surface area contributed by atoms with Crippen molar-refractivity contribution in [3.63, 3.8) is 0 Å². The van der Waals surface area contributed by atoms with Crippen molar-refractivity contribution >= 4 is 17.1 Å². The average Bonchev–Trinajstić information content (AvgIpc) is 3.09. The topological polar surface area (TPSA) is 117 Å². The van der Waals surface area contributed by atoms with Gasteiger partial charge in [0.1, 0.15) is 18.5 Å². The number of aryl methyl sites for hydroxylation is 2. The van der Waals surface area contributed by atoms with Crippen LogP contribution in [0.1, 0.15) is 12.5 Å². The minimum atomic E-state index is -0.894. The van der Waals surface area contributed by atoms with Gasteiger partial charge in [0.15, 0.2) is 11.2 Å².